The maximum Gasteiger partial charge on any atom is 0.416 e. The number of alkyl halides is 3. The van der Waals surface area contributed by atoms with E-state index in [1.54, 1.807) is 12.3 Å². The van der Waals surface area contributed by atoms with E-state index in [0.717, 1.165) is 28.7 Å². The zero-order chi connectivity index (χ0) is 23.4. The molecule has 10 heteroatoms. The molecule has 7 nitrogen and oxygen atoms in total. The van der Waals surface area contributed by atoms with Gasteiger partial charge in [0.05, 0.1) is 17.0 Å². The highest BCUT2D eigenvalue weighted by atomic mass is 19.4. The average Bonchev–Trinajstić information content (AvgIpc) is 3.35. The first-order valence-electron chi connectivity index (χ1n) is 10.4. The number of carboxylic acid groups (broad SMARTS) is 1. The molecule has 2 aromatic carbocycles. The summed E-state index contributed by atoms with van der Waals surface area (Å²) in [5, 5.41) is 16.2. The maximum absolute atomic E-state index is 12.8. The minimum Gasteiger partial charge on any atom is -0.491 e. The van der Waals surface area contributed by atoms with Crippen LogP contribution in [0.25, 0.3) is 10.9 Å². The molecule has 0 spiro atoms. The lowest BCUT2D eigenvalue weighted by Gasteiger charge is -2.19. The van der Waals surface area contributed by atoms with Gasteiger partial charge < -0.3 is 14.4 Å². The third kappa shape index (κ3) is 3.80. The maximum atomic E-state index is 12.8. The van der Waals surface area contributed by atoms with Gasteiger partial charge in [0.1, 0.15) is 23.9 Å². The second kappa shape index (κ2) is 7.51. The van der Waals surface area contributed by atoms with Gasteiger partial charge in [-0.05, 0) is 68.3 Å². The first kappa shape index (κ1) is 21.3. The number of halogens is 3. The Hall–Kier alpha value is -3.53. The van der Waals surface area contributed by atoms with Gasteiger partial charge in [0.15, 0.2) is 0 Å². The normalized spacial score (nSPS) is 19.6. The van der Waals surface area contributed by atoms with Gasteiger partial charge in [-0.1, -0.05) is 0 Å². The van der Waals surface area contributed by atoms with Crippen molar-refractivity contribution in [2.45, 2.75) is 37.5 Å². The van der Waals surface area contributed by atoms with Crippen molar-refractivity contribution in [2.75, 3.05) is 11.7 Å². The molecule has 0 amide bonds. The van der Waals surface area contributed by atoms with E-state index < -0.39 is 23.2 Å². The number of hydrogen-bond donors (Lipinski definition) is 2. The molecule has 2 N–H and O–H groups in total. The minimum atomic E-state index is -4.39. The highest BCUT2D eigenvalue weighted by Gasteiger charge is 2.52. The number of fused-ring (bicyclic) bond motifs is 1. The summed E-state index contributed by atoms with van der Waals surface area (Å²) in [6, 6.07) is 11.9. The molecule has 0 bridgehead atoms. The molecule has 172 valence electrons. The van der Waals surface area contributed by atoms with E-state index in [-0.39, 0.29) is 12.6 Å². The third-order valence-corrected chi connectivity index (χ3v) is 6.14. The van der Waals surface area contributed by atoms with Gasteiger partial charge in [0.2, 0.25) is 0 Å². The first-order chi connectivity index (χ1) is 15.7. The van der Waals surface area contributed by atoms with Crippen LogP contribution in [0.2, 0.25) is 0 Å². The number of nitrogens with one attached hydrogen (secondary N) is 1. The number of benzene rings is 2. The average molecular weight is 458 g/mol. The van der Waals surface area contributed by atoms with Crippen molar-refractivity contribution in [3.8, 4) is 5.75 Å². The SMILES string of the molecule is CC1=NN(c2ccc(C(F)(F)F)cc2)NC1COc1ccc2c(ccn2C2(C(=O)O)CC2)c1. The van der Waals surface area contributed by atoms with Crippen LogP contribution in [0.3, 0.4) is 0 Å². The third-order valence-electron chi connectivity index (χ3n) is 6.14. The Bertz CT molecular complexity index is 1250. The zero-order valence-electron chi connectivity index (χ0n) is 17.6. The molecule has 1 atom stereocenters. The molecule has 1 saturated carbocycles. The second-order valence-corrected chi connectivity index (χ2v) is 8.33. The fourth-order valence-electron chi connectivity index (χ4n) is 4.02. The number of nitrogens with zero attached hydrogens (tertiary/aromatic N) is 3. The Morgan fingerprint density at radius 3 is 2.58 bits per heavy atom. The molecule has 1 fully saturated rings. The van der Waals surface area contributed by atoms with Crippen molar-refractivity contribution >= 4 is 28.3 Å². The van der Waals surface area contributed by atoms with Gasteiger partial charge in [-0.3, -0.25) is 0 Å². The predicted octanol–water partition coefficient (Wildman–Crippen LogP) is 4.38. The molecule has 1 aromatic heterocycles. The number of anilines is 1. The lowest BCUT2D eigenvalue weighted by atomic mass is 10.2. The number of rotatable bonds is 6. The molecular weight excluding hydrogens is 437 g/mol. The summed E-state index contributed by atoms with van der Waals surface area (Å²) in [6.07, 6.45) is -1.36. The number of aromatic nitrogens is 1. The predicted molar refractivity (Wildman–Crippen MR) is 116 cm³/mol. The van der Waals surface area contributed by atoms with Crippen LogP contribution < -0.4 is 15.3 Å². The second-order valence-electron chi connectivity index (χ2n) is 8.33. The lowest BCUT2D eigenvalue weighted by Crippen LogP contribution is -2.41. The Kier molecular flexibility index (Phi) is 4.86. The molecule has 1 aliphatic carbocycles. The van der Waals surface area contributed by atoms with Crippen LogP contribution >= 0.6 is 0 Å². The van der Waals surface area contributed by atoms with Gasteiger partial charge in [-0.2, -0.15) is 23.4 Å². The quantitative estimate of drug-likeness (QED) is 0.573. The van der Waals surface area contributed by atoms with E-state index >= 15 is 0 Å². The van der Waals surface area contributed by atoms with E-state index in [9.17, 15) is 23.1 Å². The van der Waals surface area contributed by atoms with Gasteiger partial charge in [0, 0.05) is 17.1 Å². The number of ether oxygens (including phenoxy) is 1. The summed E-state index contributed by atoms with van der Waals surface area (Å²) in [5.41, 5.74) is 3.63. The summed E-state index contributed by atoms with van der Waals surface area (Å²) in [6.45, 7) is 2.08. The van der Waals surface area contributed by atoms with Crippen LogP contribution in [-0.4, -0.2) is 34.0 Å². The molecule has 0 saturated heterocycles. The van der Waals surface area contributed by atoms with Gasteiger partial charge in [-0.25, -0.2) is 10.2 Å². The van der Waals surface area contributed by atoms with Crippen LogP contribution in [0.15, 0.2) is 59.8 Å². The van der Waals surface area contributed by atoms with Crippen LogP contribution in [0.1, 0.15) is 25.3 Å². The smallest absolute Gasteiger partial charge is 0.416 e. The molecule has 33 heavy (non-hydrogen) atoms. The molecular formula is C23H21F3N4O3. The number of carboxylic acids is 1. The molecule has 1 aliphatic heterocycles. The van der Waals surface area contributed by atoms with Crippen LogP contribution in [0.5, 0.6) is 5.75 Å². The number of hydrazine groups is 1. The summed E-state index contributed by atoms with van der Waals surface area (Å²) in [7, 11) is 0. The Balaban J connectivity index is 1.25. The lowest BCUT2D eigenvalue weighted by molar-refractivity contribution is -0.142. The van der Waals surface area contributed by atoms with Crippen molar-refractivity contribution in [3.05, 3.63) is 60.3 Å². The van der Waals surface area contributed by atoms with Crippen molar-refractivity contribution in [3.63, 3.8) is 0 Å². The zero-order valence-corrected chi connectivity index (χ0v) is 17.6. The fourth-order valence-corrected chi connectivity index (χ4v) is 4.02. The van der Waals surface area contributed by atoms with Crippen molar-refractivity contribution < 1.29 is 27.8 Å². The Labute approximate surface area is 187 Å². The van der Waals surface area contributed by atoms with Crippen molar-refractivity contribution in [1.82, 2.24) is 9.99 Å². The number of aliphatic carboxylic acids is 1. The van der Waals surface area contributed by atoms with Gasteiger partial charge in [-0.15, -0.1) is 0 Å². The minimum absolute atomic E-state index is 0.255. The van der Waals surface area contributed by atoms with Crippen molar-refractivity contribution in [1.29, 1.82) is 0 Å². The van der Waals surface area contributed by atoms with E-state index in [2.05, 4.69) is 10.5 Å². The first-order valence-corrected chi connectivity index (χ1v) is 10.4. The number of hydrogen-bond acceptors (Lipinski definition) is 5. The summed E-state index contributed by atoms with van der Waals surface area (Å²) in [5.74, 6) is -0.192. The molecule has 1 unspecified atom stereocenters. The summed E-state index contributed by atoms with van der Waals surface area (Å²) >= 11 is 0. The Morgan fingerprint density at radius 1 is 1.21 bits per heavy atom. The standard InChI is InChI=1S/C23H21F3N4O3/c1-14-19(28-30(27-14)17-4-2-16(3-5-17)23(24,25)26)13-33-18-6-7-20-15(12-18)8-11-29(20)22(9-10-22)21(31)32/h2-8,11-12,19,28H,9-10,13H2,1H3,(H,31,32). The summed E-state index contributed by atoms with van der Waals surface area (Å²) in [4.78, 5) is 11.6. The Morgan fingerprint density at radius 2 is 1.94 bits per heavy atom. The van der Waals surface area contributed by atoms with E-state index in [1.165, 1.54) is 17.3 Å². The topological polar surface area (TPSA) is 79.1 Å². The fraction of sp³-hybridized carbons (Fsp3) is 0.304. The number of carbonyl (C=O) groups is 1. The van der Waals surface area contributed by atoms with E-state index in [0.29, 0.717) is 24.3 Å². The molecule has 2 heterocycles. The molecule has 3 aromatic rings. The van der Waals surface area contributed by atoms with Crippen LogP contribution in [-0.2, 0) is 16.5 Å². The van der Waals surface area contributed by atoms with Gasteiger partial charge in [0.25, 0.3) is 0 Å². The van der Waals surface area contributed by atoms with Crippen LogP contribution in [0.4, 0.5) is 18.9 Å². The molecule has 2 aliphatic rings. The van der Waals surface area contributed by atoms with E-state index in [4.69, 9.17) is 4.74 Å². The van der Waals surface area contributed by atoms with Crippen molar-refractivity contribution in [2.24, 2.45) is 5.10 Å². The van der Waals surface area contributed by atoms with E-state index in [1.807, 2.05) is 29.7 Å². The monoisotopic (exact) mass is 458 g/mol. The largest absolute Gasteiger partial charge is 0.491 e. The van der Waals surface area contributed by atoms with Gasteiger partial charge >= 0.3 is 12.1 Å². The molecule has 5 rings (SSSR count). The highest BCUT2D eigenvalue weighted by Crippen LogP contribution is 2.46. The highest BCUT2D eigenvalue weighted by molar-refractivity contribution is 5.90. The van der Waals surface area contributed by atoms with Crippen LogP contribution in [0, 0.1) is 0 Å². The molecule has 0 radical (unpaired) electrons. The summed E-state index contributed by atoms with van der Waals surface area (Å²) < 4.78 is 46.1. The number of hydrazone groups is 1.